The van der Waals surface area contributed by atoms with Crippen molar-refractivity contribution in [2.75, 3.05) is 0 Å². The van der Waals surface area contributed by atoms with Crippen molar-refractivity contribution in [3.63, 3.8) is 0 Å². The Morgan fingerprint density at radius 2 is 2.14 bits per heavy atom. The predicted molar refractivity (Wildman–Crippen MR) is 85.9 cm³/mol. The number of rotatable bonds is 5. The number of furan rings is 1. The normalized spacial score (nSPS) is 12.3. The summed E-state index contributed by atoms with van der Waals surface area (Å²) in [5.74, 6) is 1.54. The average Bonchev–Trinajstić information content (AvgIpc) is 2.93. The lowest BCUT2D eigenvalue weighted by atomic mass is 9.85. The van der Waals surface area contributed by atoms with Gasteiger partial charge in [0.05, 0.1) is 5.56 Å². The summed E-state index contributed by atoms with van der Waals surface area (Å²) >= 11 is 0. The topological polar surface area (TPSA) is 67.5 Å². The van der Waals surface area contributed by atoms with Crippen LogP contribution in [0.5, 0.6) is 0 Å². The number of aromatic nitrogens is 1. The molecule has 22 heavy (non-hydrogen) atoms. The standard InChI is InChI=1S/C17H21N3O2/c1-12(10-17(3,4)15-8-7-13(2)22-15)19-20-16(21)14-6-5-9-18-11-14/h5-9,11H,10H2,1-4H3,(H,20,21)/b19-12+. The van der Waals surface area contributed by atoms with E-state index in [0.29, 0.717) is 12.0 Å². The Hall–Kier alpha value is -2.43. The van der Waals surface area contributed by atoms with Gasteiger partial charge in [0, 0.05) is 23.5 Å². The van der Waals surface area contributed by atoms with Crippen molar-refractivity contribution >= 4 is 11.6 Å². The van der Waals surface area contributed by atoms with Crippen LogP contribution in [-0.2, 0) is 5.41 Å². The zero-order valence-corrected chi connectivity index (χ0v) is 13.4. The second-order valence-corrected chi connectivity index (χ2v) is 6.00. The van der Waals surface area contributed by atoms with Gasteiger partial charge in [-0.3, -0.25) is 9.78 Å². The number of pyridine rings is 1. The van der Waals surface area contributed by atoms with Crippen LogP contribution in [0.4, 0.5) is 0 Å². The van der Waals surface area contributed by atoms with Gasteiger partial charge in [-0.15, -0.1) is 0 Å². The Bertz CT molecular complexity index is 672. The summed E-state index contributed by atoms with van der Waals surface area (Å²) in [5.41, 5.74) is 3.69. The van der Waals surface area contributed by atoms with E-state index in [1.54, 1.807) is 18.3 Å². The maximum Gasteiger partial charge on any atom is 0.272 e. The van der Waals surface area contributed by atoms with Crippen LogP contribution in [0.15, 0.2) is 46.2 Å². The van der Waals surface area contributed by atoms with Gasteiger partial charge in [0.25, 0.3) is 5.91 Å². The van der Waals surface area contributed by atoms with Gasteiger partial charge in [-0.05, 0) is 44.5 Å². The van der Waals surface area contributed by atoms with E-state index < -0.39 is 0 Å². The van der Waals surface area contributed by atoms with Crippen molar-refractivity contribution in [3.05, 3.63) is 53.7 Å². The largest absolute Gasteiger partial charge is 0.466 e. The molecule has 2 rings (SSSR count). The Morgan fingerprint density at radius 1 is 1.36 bits per heavy atom. The number of nitrogens with zero attached hydrogens (tertiary/aromatic N) is 2. The summed E-state index contributed by atoms with van der Waals surface area (Å²) in [7, 11) is 0. The van der Waals surface area contributed by atoms with Crippen LogP contribution in [-0.4, -0.2) is 16.6 Å². The van der Waals surface area contributed by atoms with E-state index in [-0.39, 0.29) is 11.3 Å². The van der Waals surface area contributed by atoms with E-state index in [0.717, 1.165) is 17.2 Å². The smallest absolute Gasteiger partial charge is 0.272 e. The lowest BCUT2D eigenvalue weighted by molar-refractivity contribution is 0.0954. The van der Waals surface area contributed by atoms with E-state index >= 15 is 0 Å². The van der Waals surface area contributed by atoms with Crippen molar-refractivity contribution in [3.8, 4) is 0 Å². The molecule has 5 nitrogen and oxygen atoms in total. The molecule has 116 valence electrons. The first-order valence-corrected chi connectivity index (χ1v) is 7.19. The first-order valence-electron chi connectivity index (χ1n) is 7.19. The highest BCUT2D eigenvalue weighted by Crippen LogP contribution is 2.28. The molecule has 0 bridgehead atoms. The molecule has 0 saturated heterocycles. The van der Waals surface area contributed by atoms with Crippen LogP contribution < -0.4 is 5.43 Å². The number of amides is 1. The fraction of sp³-hybridized carbons (Fsp3) is 0.353. The van der Waals surface area contributed by atoms with E-state index in [2.05, 4.69) is 29.4 Å². The first-order chi connectivity index (χ1) is 10.4. The molecule has 0 aliphatic carbocycles. The third-order valence-corrected chi connectivity index (χ3v) is 3.38. The van der Waals surface area contributed by atoms with Crippen LogP contribution in [0.2, 0.25) is 0 Å². The van der Waals surface area contributed by atoms with Crippen LogP contribution in [0, 0.1) is 6.92 Å². The highest BCUT2D eigenvalue weighted by Gasteiger charge is 2.25. The summed E-state index contributed by atoms with van der Waals surface area (Å²) in [6, 6.07) is 7.35. The van der Waals surface area contributed by atoms with Crippen molar-refractivity contribution in [2.45, 2.75) is 39.5 Å². The fourth-order valence-electron chi connectivity index (χ4n) is 2.27. The van der Waals surface area contributed by atoms with Crippen molar-refractivity contribution < 1.29 is 9.21 Å². The van der Waals surface area contributed by atoms with Gasteiger partial charge in [-0.2, -0.15) is 5.10 Å². The molecule has 1 amide bonds. The number of hydrazone groups is 1. The van der Waals surface area contributed by atoms with E-state index in [1.165, 1.54) is 6.20 Å². The van der Waals surface area contributed by atoms with Gasteiger partial charge in [0.15, 0.2) is 0 Å². The molecule has 0 atom stereocenters. The lowest BCUT2D eigenvalue weighted by Gasteiger charge is -2.21. The first kappa shape index (κ1) is 15.9. The molecule has 0 saturated carbocycles. The minimum absolute atomic E-state index is 0.180. The third-order valence-electron chi connectivity index (χ3n) is 3.38. The number of nitrogens with one attached hydrogen (secondary N) is 1. The summed E-state index contributed by atoms with van der Waals surface area (Å²) in [5, 5.41) is 4.17. The summed E-state index contributed by atoms with van der Waals surface area (Å²) in [4.78, 5) is 15.8. The molecular weight excluding hydrogens is 278 g/mol. The quantitative estimate of drug-likeness (QED) is 0.679. The lowest BCUT2D eigenvalue weighted by Crippen LogP contribution is -2.24. The maximum absolute atomic E-state index is 11.9. The Balaban J connectivity index is 1.99. The minimum Gasteiger partial charge on any atom is -0.466 e. The van der Waals surface area contributed by atoms with E-state index in [4.69, 9.17) is 4.42 Å². The second-order valence-electron chi connectivity index (χ2n) is 6.00. The molecule has 0 unspecified atom stereocenters. The van der Waals surface area contributed by atoms with Crippen LogP contribution >= 0.6 is 0 Å². The molecule has 0 radical (unpaired) electrons. The van der Waals surface area contributed by atoms with Gasteiger partial charge in [-0.1, -0.05) is 13.8 Å². The zero-order chi connectivity index (χ0) is 16.2. The van der Waals surface area contributed by atoms with Crippen molar-refractivity contribution in [1.82, 2.24) is 10.4 Å². The molecular formula is C17H21N3O2. The Kier molecular flexibility index (Phi) is 4.75. The van der Waals surface area contributed by atoms with Gasteiger partial charge in [0.2, 0.25) is 0 Å². The number of carbonyl (C=O) groups excluding carboxylic acids is 1. The number of aryl methyl sites for hydroxylation is 1. The fourth-order valence-corrected chi connectivity index (χ4v) is 2.27. The molecule has 5 heteroatoms. The monoisotopic (exact) mass is 299 g/mol. The Morgan fingerprint density at radius 3 is 2.73 bits per heavy atom. The highest BCUT2D eigenvalue weighted by molar-refractivity contribution is 5.95. The van der Waals surface area contributed by atoms with E-state index in [9.17, 15) is 4.79 Å². The second kappa shape index (κ2) is 6.56. The molecule has 0 spiro atoms. The summed E-state index contributed by atoms with van der Waals surface area (Å²) < 4.78 is 5.69. The average molecular weight is 299 g/mol. The SMILES string of the molecule is C/C(CC(C)(C)c1ccc(C)o1)=N\NC(=O)c1cccnc1. The van der Waals surface area contributed by atoms with Gasteiger partial charge < -0.3 is 4.42 Å². The van der Waals surface area contributed by atoms with Gasteiger partial charge in [-0.25, -0.2) is 5.43 Å². The number of hydrogen-bond donors (Lipinski definition) is 1. The zero-order valence-electron chi connectivity index (χ0n) is 13.4. The minimum atomic E-state index is -0.265. The van der Waals surface area contributed by atoms with Crippen molar-refractivity contribution in [1.29, 1.82) is 0 Å². The summed E-state index contributed by atoms with van der Waals surface area (Å²) in [6.07, 6.45) is 3.82. The van der Waals surface area contributed by atoms with Crippen LogP contribution in [0.3, 0.4) is 0 Å². The third kappa shape index (κ3) is 4.04. The molecule has 0 fully saturated rings. The van der Waals surface area contributed by atoms with Gasteiger partial charge in [0.1, 0.15) is 11.5 Å². The molecule has 1 N–H and O–H groups in total. The molecule has 0 aromatic carbocycles. The van der Waals surface area contributed by atoms with Crippen LogP contribution in [0.25, 0.3) is 0 Å². The maximum atomic E-state index is 11.9. The van der Waals surface area contributed by atoms with Crippen LogP contribution in [0.1, 0.15) is 49.1 Å². The Labute approximate surface area is 130 Å². The number of hydrogen-bond acceptors (Lipinski definition) is 4. The molecule has 2 heterocycles. The van der Waals surface area contributed by atoms with Crippen molar-refractivity contribution in [2.24, 2.45) is 5.10 Å². The van der Waals surface area contributed by atoms with E-state index in [1.807, 2.05) is 26.0 Å². The summed E-state index contributed by atoms with van der Waals surface area (Å²) in [6.45, 7) is 8.00. The molecule has 2 aromatic rings. The van der Waals surface area contributed by atoms with Gasteiger partial charge >= 0.3 is 0 Å². The molecule has 2 aromatic heterocycles. The molecule has 0 aliphatic rings. The molecule has 0 aliphatic heterocycles. The highest BCUT2D eigenvalue weighted by atomic mass is 16.3. The predicted octanol–water partition coefficient (Wildman–Crippen LogP) is 3.46. The number of carbonyl (C=O) groups is 1.